The lowest BCUT2D eigenvalue weighted by atomic mass is 9.96. The standard InChI is InChI=1S/C29H28F3NO3S/c1-2-4-23(15-28(34)35)22-7-9-25(10-8-22)36-19-21-6-3-5-20(13-21)17-33-12-11-27-24(18-33)14-26(37-27)16-29(30,31)32/h3,5-10,13-14,23H,11-12,15-19H2,1H3,(H,34,35). The van der Waals surface area contributed by atoms with Gasteiger partial charge in [-0.1, -0.05) is 42.3 Å². The number of fused-ring (bicyclic) bond motifs is 1. The van der Waals surface area contributed by atoms with Crippen LogP contribution < -0.4 is 4.74 Å². The second kappa shape index (κ2) is 11.8. The highest BCUT2D eigenvalue weighted by Crippen LogP contribution is 2.33. The number of aliphatic carboxylic acids is 1. The van der Waals surface area contributed by atoms with E-state index in [0.29, 0.717) is 23.8 Å². The summed E-state index contributed by atoms with van der Waals surface area (Å²) in [7, 11) is 0. The number of carbonyl (C=O) groups is 1. The summed E-state index contributed by atoms with van der Waals surface area (Å²) in [6.07, 6.45) is -4.31. The quantitative estimate of drug-likeness (QED) is 0.320. The van der Waals surface area contributed by atoms with Crippen LogP contribution in [0.3, 0.4) is 0 Å². The van der Waals surface area contributed by atoms with Crippen molar-refractivity contribution in [1.82, 2.24) is 4.90 Å². The molecule has 1 unspecified atom stereocenters. The molecule has 1 aliphatic heterocycles. The van der Waals surface area contributed by atoms with Gasteiger partial charge in [0, 0.05) is 29.4 Å². The fourth-order valence-corrected chi connectivity index (χ4v) is 5.71. The van der Waals surface area contributed by atoms with E-state index in [2.05, 4.69) is 22.8 Å². The molecule has 1 aromatic heterocycles. The molecule has 8 heteroatoms. The normalized spacial score (nSPS) is 14.4. The number of benzene rings is 2. The maximum absolute atomic E-state index is 12.8. The van der Waals surface area contributed by atoms with Crippen LogP contribution in [0, 0.1) is 11.8 Å². The minimum atomic E-state index is -4.18. The smallest absolute Gasteiger partial charge is 0.393 e. The van der Waals surface area contributed by atoms with Gasteiger partial charge in [0.2, 0.25) is 0 Å². The van der Waals surface area contributed by atoms with Gasteiger partial charge in [0.1, 0.15) is 12.4 Å². The lowest BCUT2D eigenvalue weighted by Crippen LogP contribution is -2.29. The maximum Gasteiger partial charge on any atom is 0.393 e. The van der Waals surface area contributed by atoms with Crippen LogP contribution in [0.4, 0.5) is 13.2 Å². The summed E-state index contributed by atoms with van der Waals surface area (Å²) < 4.78 is 44.2. The van der Waals surface area contributed by atoms with Gasteiger partial charge < -0.3 is 9.84 Å². The van der Waals surface area contributed by atoms with Crippen molar-refractivity contribution < 1.29 is 27.8 Å². The molecule has 0 bridgehead atoms. The van der Waals surface area contributed by atoms with Crippen LogP contribution in [0.5, 0.6) is 5.75 Å². The number of alkyl halides is 3. The first-order chi connectivity index (χ1) is 17.7. The van der Waals surface area contributed by atoms with E-state index in [0.717, 1.165) is 46.6 Å². The first-order valence-electron chi connectivity index (χ1n) is 12.0. The number of thiophene rings is 1. The predicted molar refractivity (Wildman–Crippen MR) is 138 cm³/mol. The van der Waals surface area contributed by atoms with Gasteiger partial charge >= 0.3 is 12.1 Å². The number of ether oxygens (including phenoxy) is 1. The molecule has 0 saturated heterocycles. The number of hydrogen-bond acceptors (Lipinski definition) is 4. The van der Waals surface area contributed by atoms with Crippen LogP contribution in [-0.4, -0.2) is 28.7 Å². The monoisotopic (exact) mass is 527 g/mol. The molecule has 2 aromatic carbocycles. The van der Waals surface area contributed by atoms with Gasteiger partial charge in [0.05, 0.1) is 18.8 Å². The molecule has 2 heterocycles. The minimum absolute atomic E-state index is 0.0483. The molecule has 0 radical (unpaired) electrons. The summed E-state index contributed by atoms with van der Waals surface area (Å²) in [5, 5.41) is 9.11. The zero-order chi connectivity index (χ0) is 26.4. The molecule has 194 valence electrons. The number of carboxylic acid groups (broad SMARTS) is 1. The molecular formula is C29H28F3NO3S. The maximum atomic E-state index is 12.8. The first-order valence-corrected chi connectivity index (χ1v) is 12.8. The largest absolute Gasteiger partial charge is 0.489 e. The second-order valence-corrected chi connectivity index (χ2v) is 10.4. The number of hydrogen-bond donors (Lipinski definition) is 1. The van der Waals surface area contributed by atoms with Gasteiger partial charge in [-0.05, 0) is 53.8 Å². The van der Waals surface area contributed by atoms with Crippen LogP contribution in [0.25, 0.3) is 0 Å². The summed E-state index contributed by atoms with van der Waals surface area (Å²) in [5.74, 6) is 5.17. The topological polar surface area (TPSA) is 49.8 Å². The third-order valence-electron chi connectivity index (χ3n) is 6.15. The number of halogens is 3. The Hall–Kier alpha value is -3.28. The van der Waals surface area contributed by atoms with E-state index in [9.17, 15) is 18.0 Å². The van der Waals surface area contributed by atoms with Crippen molar-refractivity contribution in [1.29, 1.82) is 0 Å². The number of rotatable bonds is 9. The number of carboxylic acids is 1. The Balaban J connectivity index is 1.33. The van der Waals surface area contributed by atoms with Gasteiger partial charge in [0.25, 0.3) is 0 Å². The summed E-state index contributed by atoms with van der Waals surface area (Å²) in [6, 6.07) is 17.2. The Morgan fingerprint density at radius 2 is 1.92 bits per heavy atom. The van der Waals surface area contributed by atoms with Crippen molar-refractivity contribution >= 4 is 17.3 Å². The highest BCUT2D eigenvalue weighted by atomic mass is 32.1. The Bertz CT molecular complexity index is 1290. The highest BCUT2D eigenvalue weighted by Gasteiger charge is 2.30. The molecule has 0 saturated carbocycles. The zero-order valence-corrected chi connectivity index (χ0v) is 21.3. The van der Waals surface area contributed by atoms with Crippen LogP contribution in [0.2, 0.25) is 0 Å². The summed E-state index contributed by atoms with van der Waals surface area (Å²) >= 11 is 1.29. The van der Waals surface area contributed by atoms with Crippen LogP contribution in [0.15, 0.2) is 54.6 Å². The van der Waals surface area contributed by atoms with E-state index in [1.165, 1.54) is 11.3 Å². The van der Waals surface area contributed by atoms with Crippen molar-refractivity contribution in [3.63, 3.8) is 0 Å². The fourth-order valence-electron chi connectivity index (χ4n) is 4.51. The fraction of sp³-hybridized carbons (Fsp3) is 0.345. The predicted octanol–water partition coefficient (Wildman–Crippen LogP) is 6.57. The summed E-state index contributed by atoms with van der Waals surface area (Å²) in [6.45, 7) is 4.27. The van der Waals surface area contributed by atoms with Crippen LogP contribution >= 0.6 is 11.3 Å². The Morgan fingerprint density at radius 3 is 2.62 bits per heavy atom. The lowest BCUT2D eigenvalue weighted by molar-refractivity contribution is -0.137. The molecule has 0 aliphatic carbocycles. The summed E-state index contributed by atoms with van der Waals surface area (Å²) in [5.41, 5.74) is 3.99. The first kappa shape index (κ1) is 26.8. The molecule has 4 rings (SSSR count). The third kappa shape index (κ3) is 7.85. The molecular weight excluding hydrogens is 499 g/mol. The van der Waals surface area contributed by atoms with Crippen molar-refractivity contribution in [2.45, 2.75) is 58.0 Å². The van der Waals surface area contributed by atoms with E-state index >= 15 is 0 Å². The van der Waals surface area contributed by atoms with Crippen molar-refractivity contribution in [2.24, 2.45) is 0 Å². The Labute approximate surface area is 218 Å². The van der Waals surface area contributed by atoms with E-state index in [1.54, 1.807) is 13.0 Å². The molecule has 0 amide bonds. The van der Waals surface area contributed by atoms with Gasteiger partial charge in [-0.3, -0.25) is 9.69 Å². The van der Waals surface area contributed by atoms with E-state index in [4.69, 9.17) is 9.84 Å². The van der Waals surface area contributed by atoms with Crippen molar-refractivity contribution in [3.8, 4) is 17.6 Å². The lowest BCUT2D eigenvalue weighted by Gasteiger charge is -2.27. The molecule has 1 atom stereocenters. The SMILES string of the molecule is CC#CC(CC(=O)O)c1ccc(OCc2cccc(CN3CCc4sc(CC(F)(F)F)cc4C3)c2)cc1. The molecule has 4 nitrogen and oxygen atoms in total. The zero-order valence-electron chi connectivity index (χ0n) is 20.5. The van der Waals surface area contributed by atoms with Crippen molar-refractivity contribution in [3.05, 3.63) is 86.6 Å². The average molecular weight is 528 g/mol. The average Bonchev–Trinajstić information content (AvgIpc) is 3.22. The molecule has 0 spiro atoms. The number of nitrogens with zero attached hydrogens (tertiary/aromatic N) is 1. The molecule has 0 fully saturated rings. The minimum Gasteiger partial charge on any atom is -0.489 e. The summed E-state index contributed by atoms with van der Waals surface area (Å²) in [4.78, 5) is 14.8. The molecule has 3 aromatic rings. The van der Waals surface area contributed by atoms with Crippen LogP contribution in [-0.2, 0) is 37.3 Å². The van der Waals surface area contributed by atoms with E-state index < -0.39 is 18.6 Å². The Morgan fingerprint density at radius 1 is 1.16 bits per heavy atom. The molecule has 1 aliphatic rings. The van der Waals surface area contributed by atoms with E-state index in [-0.39, 0.29) is 12.3 Å². The van der Waals surface area contributed by atoms with Gasteiger partial charge in [-0.15, -0.1) is 17.3 Å². The third-order valence-corrected chi connectivity index (χ3v) is 7.39. The van der Waals surface area contributed by atoms with Gasteiger partial charge in [0.15, 0.2) is 0 Å². The second-order valence-electron chi connectivity index (χ2n) is 9.14. The van der Waals surface area contributed by atoms with E-state index in [1.807, 2.05) is 42.5 Å². The Kier molecular flexibility index (Phi) is 8.57. The van der Waals surface area contributed by atoms with Crippen molar-refractivity contribution in [2.75, 3.05) is 6.54 Å². The van der Waals surface area contributed by atoms with Gasteiger partial charge in [-0.2, -0.15) is 13.2 Å². The van der Waals surface area contributed by atoms with Gasteiger partial charge in [-0.25, -0.2) is 0 Å². The molecule has 37 heavy (non-hydrogen) atoms. The highest BCUT2D eigenvalue weighted by molar-refractivity contribution is 7.12. The van der Waals surface area contributed by atoms with Crippen LogP contribution in [0.1, 0.15) is 51.3 Å². The molecule has 1 N–H and O–H groups in total.